The normalized spacial score (nSPS) is 10.6. The van der Waals surface area contributed by atoms with Gasteiger partial charge in [0.05, 0.1) is 11.9 Å². The molecule has 0 spiro atoms. The number of nitrogens with zero attached hydrogens (tertiary/aromatic N) is 3. The van der Waals surface area contributed by atoms with Crippen molar-refractivity contribution in [2.24, 2.45) is 5.92 Å². The van der Waals surface area contributed by atoms with Gasteiger partial charge in [-0.25, -0.2) is 4.98 Å². The first-order chi connectivity index (χ1) is 8.13. The Morgan fingerprint density at radius 3 is 2.88 bits per heavy atom. The van der Waals surface area contributed by atoms with Crippen molar-refractivity contribution in [2.75, 3.05) is 25.0 Å². The molecule has 0 saturated carbocycles. The van der Waals surface area contributed by atoms with Crippen molar-refractivity contribution in [2.45, 2.75) is 20.4 Å². The Labute approximate surface area is 104 Å². The van der Waals surface area contributed by atoms with Gasteiger partial charge in [-0.3, -0.25) is 4.98 Å². The maximum absolute atomic E-state index is 4.54. The highest BCUT2D eigenvalue weighted by Gasteiger charge is 2.03. The molecule has 1 aromatic heterocycles. The maximum atomic E-state index is 4.54. The summed E-state index contributed by atoms with van der Waals surface area (Å²) in [6, 6.07) is 0. The third kappa shape index (κ3) is 4.95. The summed E-state index contributed by atoms with van der Waals surface area (Å²) in [4.78, 5) is 10.8. The van der Waals surface area contributed by atoms with E-state index < -0.39 is 0 Å². The largest absolute Gasteiger partial charge is 0.355 e. The number of rotatable bonds is 7. The molecule has 17 heavy (non-hydrogen) atoms. The second-order valence-electron chi connectivity index (χ2n) is 4.56. The summed E-state index contributed by atoms with van der Waals surface area (Å²) in [6.07, 6.45) is 5.43. The zero-order chi connectivity index (χ0) is 12.7. The molecule has 1 heterocycles. The van der Waals surface area contributed by atoms with Crippen molar-refractivity contribution in [3.05, 3.63) is 30.7 Å². The van der Waals surface area contributed by atoms with Crippen LogP contribution in [0.2, 0.25) is 0 Å². The lowest BCUT2D eigenvalue weighted by Gasteiger charge is -2.16. The smallest absolute Gasteiger partial charge is 0.147 e. The van der Waals surface area contributed by atoms with E-state index >= 15 is 0 Å². The van der Waals surface area contributed by atoms with Crippen LogP contribution in [0.5, 0.6) is 0 Å². The summed E-state index contributed by atoms with van der Waals surface area (Å²) in [5, 5.41) is 3.36. The van der Waals surface area contributed by atoms with Crippen molar-refractivity contribution in [3.63, 3.8) is 0 Å². The predicted molar refractivity (Wildman–Crippen MR) is 72.0 cm³/mol. The molecule has 94 valence electrons. The average Bonchev–Trinajstić information content (AvgIpc) is 2.29. The molecule has 0 aliphatic rings. The molecular formula is C13H22N4. The van der Waals surface area contributed by atoms with Gasteiger partial charge in [-0.2, -0.15) is 0 Å². The van der Waals surface area contributed by atoms with Crippen LogP contribution in [0.1, 0.15) is 19.5 Å². The molecule has 0 aliphatic carbocycles. The van der Waals surface area contributed by atoms with Gasteiger partial charge in [0.2, 0.25) is 0 Å². The van der Waals surface area contributed by atoms with Gasteiger partial charge in [0.15, 0.2) is 0 Å². The van der Waals surface area contributed by atoms with Crippen molar-refractivity contribution in [3.8, 4) is 0 Å². The molecule has 0 bridgehead atoms. The Hall–Kier alpha value is -1.42. The predicted octanol–water partition coefficient (Wildman–Crippen LogP) is 1.84. The van der Waals surface area contributed by atoms with Crippen LogP contribution in [0.15, 0.2) is 25.0 Å². The Bertz CT molecular complexity index is 349. The lowest BCUT2D eigenvalue weighted by atomic mass is 10.2. The molecule has 0 amide bonds. The Balaban J connectivity index is 2.56. The molecular weight excluding hydrogens is 212 g/mol. The number of nitrogens with one attached hydrogen (secondary N) is 1. The minimum absolute atomic E-state index is 0.648. The summed E-state index contributed by atoms with van der Waals surface area (Å²) >= 11 is 0. The molecule has 0 aliphatic heterocycles. The molecule has 0 aromatic carbocycles. The van der Waals surface area contributed by atoms with Crippen LogP contribution in [-0.4, -0.2) is 30.1 Å². The molecule has 4 heteroatoms. The second kappa shape index (κ2) is 7.01. The van der Waals surface area contributed by atoms with E-state index in [-0.39, 0.29) is 0 Å². The minimum Gasteiger partial charge on any atom is -0.355 e. The highest BCUT2D eigenvalue weighted by Crippen LogP contribution is 2.07. The Kier molecular flexibility index (Phi) is 5.63. The molecule has 1 rings (SSSR count). The summed E-state index contributed by atoms with van der Waals surface area (Å²) < 4.78 is 0. The highest BCUT2D eigenvalue weighted by atomic mass is 15.2. The molecule has 0 radical (unpaired) electrons. The molecule has 1 N–H and O–H groups in total. The van der Waals surface area contributed by atoms with Crippen LogP contribution < -0.4 is 10.2 Å². The Morgan fingerprint density at radius 2 is 2.24 bits per heavy atom. The van der Waals surface area contributed by atoms with E-state index in [4.69, 9.17) is 0 Å². The summed E-state index contributed by atoms with van der Waals surface area (Å²) in [7, 11) is 1.98. The van der Waals surface area contributed by atoms with Gasteiger partial charge in [0.25, 0.3) is 0 Å². The lowest BCUT2D eigenvalue weighted by Crippen LogP contribution is -2.22. The van der Waals surface area contributed by atoms with E-state index in [0.717, 1.165) is 31.1 Å². The number of hydrogen-bond acceptors (Lipinski definition) is 4. The van der Waals surface area contributed by atoms with E-state index in [1.54, 1.807) is 12.4 Å². The summed E-state index contributed by atoms with van der Waals surface area (Å²) in [5.74, 6) is 1.53. The van der Waals surface area contributed by atoms with Crippen LogP contribution in [0, 0.1) is 5.92 Å². The molecule has 0 fully saturated rings. The van der Waals surface area contributed by atoms with E-state index in [2.05, 4.69) is 35.7 Å². The van der Waals surface area contributed by atoms with Crippen molar-refractivity contribution in [1.82, 2.24) is 15.3 Å². The van der Waals surface area contributed by atoms with Gasteiger partial charge in [-0.15, -0.1) is 6.58 Å². The summed E-state index contributed by atoms with van der Waals surface area (Å²) in [5.41, 5.74) is 0.971. The monoisotopic (exact) mass is 234 g/mol. The first kappa shape index (κ1) is 13.6. The standard InChI is InChI=1S/C13H22N4/c1-5-6-17(4)13-10-15-9-12(16-13)8-14-7-11(2)3/h5,9-11,14H,1,6-8H2,2-4H3. The van der Waals surface area contributed by atoms with Gasteiger partial charge in [-0.05, 0) is 12.5 Å². The van der Waals surface area contributed by atoms with E-state index in [0.29, 0.717) is 5.92 Å². The SMILES string of the molecule is C=CCN(C)c1cncc(CNCC(C)C)n1. The lowest BCUT2D eigenvalue weighted by molar-refractivity contribution is 0.547. The van der Waals surface area contributed by atoms with Crippen molar-refractivity contribution < 1.29 is 0 Å². The zero-order valence-electron chi connectivity index (χ0n) is 11.0. The topological polar surface area (TPSA) is 41.1 Å². The van der Waals surface area contributed by atoms with Gasteiger partial charge < -0.3 is 10.2 Å². The molecule has 1 aromatic rings. The van der Waals surface area contributed by atoms with Crippen LogP contribution in [0.25, 0.3) is 0 Å². The zero-order valence-corrected chi connectivity index (χ0v) is 11.0. The molecule has 0 saturated heterocycles. The van der Waals surface area contributed by atoms with Crippen LogP contribution in [0.3, 0.4) is 0 Å². The van der Waals surface area contributed by atoms with E-state index in [1.807, 2.05) is 18.0 Å². The average molecular weight is 234 g/mol. The van der Waals surface area contributed by atoms with Gasteiger partial charge >= 0.3 is 0 Å². The first-order valence-electron chi connectivity index (χ1n) is 5.97. The highest BCUT2D eigenvalue weighted by molar-refractivity contribution is 5.35. The van der Waals surface area contributed by atoms with Crippen LogP contribution >= 0.6 is 0 Å². The van der Waals surface area contributed by atoms with Crippen molar-refractivity contribution in [1.29, 1.82) is 0 Å². The van der Waals surface area contributed by atoms with Gasteiger partial charge in [0.1, 0.15) is 5.82 Å². The minimum atomic E-state index is 0.648. The molecule has 0 unspecified atom stereocenters. The number of aromatic nitrogens is 2. The number of anilines is 1. The second-order valence-corrected chi connectivity index (χ2v) is 4.56. The third-order valence-corrected chi connectivity index (χ3v) is 2.32. The van der Waals surface area contributed by atoms with Crippen LogP contribution in [0.4, 0.5) is 5.82 Å². The van der Waals surface area contributed by atoms with Crippen LogP contribution in [-0.2, 0) is 6.54 Å². The first-order valence-corrected chi connectivity index (χ1v) is 5.97. The van der Waals surface area contributed by atoms with Gasteiger partial charge in [0, 0.05) is 26.3 Å². The fourth-order valence-corrected chi connectivity index (χ4v) is 1.44. The quantitative estimate of drug-likeness (QED) is 0.731. The fraction of sp³-hybridized carbons (Fsp3) is 0.538. The van der Waals surface area contributed by atoms with E-state index in [9.17, 15) is 0 Å². The third-order valence-electron chi connectivity index (χ3n) is 2.32. The Morgan fingerprint density at radius 1 is 1.47 bits per heavy atom. The maximum Gasteiger partial charge on any atom is 0.147 e. The molecule has 4 nitrogen and oxygen atoms in total. The number of hydrogen-bond donors (Lipinski definition) is 1. The van der Waals surface area contributed by atoms with Crippen molar-refractivity contribution >= 4 is 5.82 Å². The summed E-state index contributed by atoms with van der Waals surface area (Å²) in [6.45, 7) is 10.6. The van der Waals surface area contributed by atoms with Gasteiger partial charge in [-0.1, -0.05) is 19.9 Å². The molecule has 0 atom stereocenters. The number of likely N-dealkylation sites (N-methyl/N-ethyl adjacent to an activating group) is 1. The van der Waals surface area contributed by atoms with E-state index in [1.165, 1.54) is 0 Å². The fourth-order valence-electron chi connectivity index (χ4n) is 1.44.